The van der Waals surface area contributed by atoms with E-state index in [0.717, 1.165) is 92.1 Å². The van der Waals surface area contributed by atoms with Gasteiger partial charge in [0.05, 0.1) is 18.1 Å². The highest BCUT2D eigenvalue weighted by atomic mass is 16.5. The van der Waals surface area contributed by atoms with Gasteiger partial charge >= 0.3 is 0 Å². The van der Waals surface area contributed by atoms with Crippen LogP contribution in [-0.4, -0.2) is 65.1 Å². The van der Waals surface area contributed by atoms with Gasteiger partial charge in [0, 0.05) is 31.7 Å². The van der Waals surface area contributed by atoms with E-state index in [0.29, 0.717) is 6.54 Å². The molecule has 7 heteroatoms. The molecule has 0 unspecified atom stereocenters. The summed E-state index contributed by atoms with van der Waals surface area (Å²) >= 11 is 0. The van der Waals surface area contributed by atoms with Gasteiger partial charge in [-0.2, -0.15) is 0 Å². The van der Waals surface area contributed by atoms with E-state index in [1.807, 2.05) is 35.2 Å². The summed E-state index contributed by atoms with van der Waals surface area (Å²) in [7, 11) is 1.69. The lowest BCUT2D eigenvalue weighted by atomic mass is 10.1. The van der Waals surface area contributed by atoms with Crippen LogP contribution in [0.1, 0.15) is 81.1 Å². The molecule has 2 aromatic carbocycles. The molecule has 1 fully saturated rings. The van der Waals surface area contributed by atoms with Crippen molar-refractivity contribution >= 4 is 22.9 Å². The fraction of sp³-hybridized carbons (Fsp3) is 0.562. The predicted molar refractivity (Wildman–Crippen MR) is 161 cm³/mol. The van der Waals surface area contributed by atoms with Gasteiger partial charge < -0.3 is 24.4 Å². The number of imidazole rings is 1. The van der Waals surface area contributed by atoms with Crippen molar-refractivity contribution in [3.8, 4) is 5.75 Å². The smallest absolute Gasteiger partial charge is 0.253 e. The second kappa shape index (κ2) is 14.9. The summed E-state index contributed by atoms with van der Waals surface area (Å²) in [5.41, 5.74) is 3.84. The number of likely N-dealkylation sites (tertiary alicyclic amines) is 1. The largest absolute Gasteiger partial charge is 0.497 e. The van der Waals surface area contributed by atoms with Gasteiger partial charge in [-0.15, -0.1) is 0 Å². The zero-order chi connectivity index (χ0) is 27.5. The Labute approximate surface area is 234 Å². The lowest BCUT2D eigenvalue weighted by Gasteiger charge is -2.26. The monoisotopic (exact) mass is 533 g/mol. The number of methoxy groups -OCH3 is 1. The SMILES string of the molecule is CCCCN(CCCC)C(=O)c1ccc2nc(NCc3cccc(OC)c3)n(CCCN3CCCCC3)c2c1. The fourth-order valence-corrected chi connectivity index (χ4v) is 5.41. The summed E-state index contributed by atoms with van der Waals surface area (Å²) in [6.07, 6.45) is 9.25. The highest BCUT2D eigenvalue weighted by Gasteiger charge is 2.19. The minimum atomic E-state index is 0.130. The van der Waals surface area contributed by atoms with E-state index in [4.69, 9.17) is 9.72 Å². The summed E-state index contributed by atoms with van der Waals surface area (Å²) in [6.45, 7) is 11.0. The molecule has 0 aliphatic carbocycles. The third-order valence-electron chi connectivity index (χ3n) is 7.74. The van der Waals surface area contributed by atoms with Crippen LogP contribution >= 0.6 is 0 Å². The maximum absolute atomic E-state index is 13.6. The molecule has 1 aromatic heterocycles. The van der Waals surface area contributed by atoms with Gasteiger partial charge in [-0.05, 0) is 87.6 Å². The normalized spacial score (nSPS) is 14.0. The van der Waals surface area contributed by atoms with Crippen molar-refractivity contribution in [1.29, 1.82) is 0 Å². The third-order valence-corrected chi connectivity index (χ3v) is 7.74. The number of hydrogen-bond donors (Lipinski definition) is 1. The summed E-state index contributed by atoms with van der Waals surface area (Å²) in [5.74, 6) is 1.83. The van der Waals surface area contributed by atoms with Crippen LogP contribution in [0.5, 0.6) is 5.75 Å². The van der Waals surface area contributed by atoms with Gasteiger partial charge in [-0.3, -0.25) is 4.79 Å². The molecule has 0 saturated carbocycles. The Morgan fingerprint density at radius 2 is 1.74 bits per heavy atom. The first-order chi connectivity index (χ1) is 19.1. The number of unbranched alkanes of at least 4 members (excludes halogenated alkanes) is 2. The summed E-state index contributed by atoms with van der Waals surface area (Å²) in [6, 6.07) is 14.1. The molecule has 0 bridgehead atoms. The van der Waals surface area contributed by atoms with E-state index < -0.39 is 0 Å². The molecule has 7 nitrogen and oxygen atoms in total. The van der Waals surface area contributed by atoms with Crippen molar-refractivity contribution in [2.75, 3.05) is 45.2 Å². The van der Waals surface area contributed by atoms with Crippen LogP contribution in [0.4, 0.5) is 5.95 Å². The number of anilines is 1. The number of aryl methyl sites for hydroxylation is 1. The number of nitrogens with one attached hydrogen (secondary N) is 1. The number of hydrogen-bond acceptors (Lipinski definition) is 5. The van der Waals surface area contributed by atoms with Crippen molar-refractivity contribution in [2.24, 2.45) is 0 Å². The van der Waals surface area contributed by atoms with E-state index in [2.05, 4.69) is 40.8 Å². The zero-order valence-corrected chi connectivity index (χ0v) is 24.3. The molecule has 1 amide bonds. The van der Waals surface area contributed by atoms with Crippen LogP contribution in [0.15, 0.2) is 42.5 Å². The first kappa shape index (κ1) is 28.9. The van der Waals surface area contributed by atoms with Crippen LogP contribution in [0.25, 0.3) is 11.0 Å². The number of ether oxygens (including phenoxy) is 1. The van der Waals surface area contributed by atoms with Crippen LogP contribution in [0, 0.1) is 0 Å². The molecule has 1 N–H and O–H groups in total. The van der Waals surface area contributed by atoms with Gasteiger partial charge in [-0.1, -0.05) is 45.2 Å². The van der Waals surface area contributed by atoms with Crippen molar-refractivity contribution in [3.63, 3.8) is 0 Å². The Balaban J connectivity index is 1.58. The molecular weight excluding hydrogens is 486 g/mol. The van der Waals surface area contributed by atoms with E-state index >= 15 is 0 Å². The number of piperidine rings is 1. The number of nitrogens with zero attached hydrogens (tertiary/aromatic N) is 4. The van der Waals surface area contributed by atoms with E-state index in [9.17, 15) is 4.79 Å². The van der Waals surface area contributed by atoms with E-state index in [1.54, 1.807) is 7.11 Å². The van der Waals surface area contributed by atoms with E-state index in [-0.39, 0.29) is 5.91 Å². The second-order valence-electron chi connectivity index (χ2n) is 10.8. The maximum atomic E-state index is 13.6. The lowest BCUT2D eigenvalue weighted by Crippen LogP contribution is -2.33. The molecule has 3 aromatic rings. The molecule has 1 saturated heterocycles. The number of carbonyl (C=O) groups is 1. The van der Waals surface area contributed by atoms with E-state index in [1.165, 1.54) is 32.4 Å². The van der Waals surface area contributed by atoms with Gasteiger partial charge in [0.25, 0.3) is 5.91 Å². The van der Waals surface area contributed by atoms with Crippen LogP contribution < -0.4 is 10.1 Å². The van der Waals surface area contributed by atoms with Gasteiger partial charge in [0.2, 0.25) is 5.95 Å². The molecule has 0 radical (unpaired) electrons. The summed E-state index contributed by atoms with van der Waals surface area (Å²) < 4.78 is 7.68. The Bertz CT molecular complexity index is 1180. The maximum Gasteiger partial charge on any atom is 0.253 e. The Morgan fingerprint density at radius 1 is 0.974 bits per heavy atom. The first-order valence-corrected chi connectivity index (χ1v) is 15.0. The first-order valence-electron chi connectivity index (χ1n) is 15.0. The number of fused-ring (bicyclic) bond motifs is 1. The Kier molecular flexibility index (Phi) is 11.1. The minimum absolute atomic E-state index is 0.130. The zero-order valence-electron chi connectivity index (χ0n) is 24.3. The molecular formula is C32H47N5O2. The van der Waals surface area contributed by atoms with Crippen molar-refractivity contribution < 1.29 is 9.53 Å². The number of carbonyl (C=O) groups excluding carboxylic acids is 1. The third kappa shape index (κ3) is 7.98. The molecule has 39 heavy (non-hydrogen) atoms. The predicted octanol–water partition coefficient (Wildman–Crippen LogP) is 6.58. The Morgan fingerprint density at radius 3 is 2.46 bits per heavy atom. The Hall–Kier alpha value is -3.06. The molecule has 2 heterocycles. The minimum Gasteiger partial charge on any atom is -0.497 e. The molecule has 212 valence electrons. The average Bonchev–Trinajstić information content (AvgIpc) is 3.33. The molecule has 1 aliphatic heterocycles. The van der Waals surface area contributed by atoms with Crippen LogP contribution in [0.3, 0.4) is 0 Å². The number of aromatic nitrogens is 2. The van der Waals surface area contributed by atoms with Gasteiger partial charge in [0.15, 0.2) is 0 Å². The average molecular weight is 534 g/mol. The number of benzene rings is 2. The van der Waals surface area contributed by atoms with Crippen LogP contribution in [-0.2, 0) is 13.1 Å². The topological polar surface area (TPSA) is 62.6 Å². The molecule has 0 spiro atoms. The van der Waals surface area contributed by atoms with Crippen molar-refractivity contribution in [1.82, 2.24) is 19.4 Å². The second-order valence-corrected chi connectivity index (χ2v) is 10.8. The van der Waals surface area contributed by atoms with Gasteiger partial charge in [-0.25, -0.2) is 4.98 Å². The van der Waals surface area contributed by atoms with Crippen molar-refractivity contribution in [3.05, 3.63) is 53.6 Å². The van der Waals surface area contributed by atoms with Crippen LogP contribution in [0.2, 0.25) is 0 Å². The summed E-state index contributed by atoms with van der Waals surface area (Å²) in [4.78, 5) is 23.2. The summed E-state index contributed by atoms with van der Waals surface area (Å²) in [5, 5.41) is 3.57. The highest BCUT2D eigenvalue weighted by molar-refractivity contribution is 5.97. The quantitative estimate of drug-likeness (QED) is 0.239. The van der Waals surface area contributed by atoms with Crippen molar-refractivity contribution in [2.45, 2.75) is 78.3 Å². The van der Waals surface area contributed by atoms with Gasteiger partial charge in [0.1, 0.15) is 5.75 Å². The molecule has 1 aliphatic rings. The standard InChI is InChI=1S/C32H47N5O2/c1-4-6-20-36(21-7-5-2)31(38)27-15-16-29-30(24-27)37(22-12-19-35-17-9-8-10-18-35)32(34-29)33-25-26-13-11-14-28(23-26)39-3/h11,13-16,23-24H,4-10,12,17-22,25H2,1-3H3,(H,33,34). The molecule has 0 atom stereocenters. The lowest BCUT2D eigenvalue weighted by molar-refractivity contribution is 0.0751. The number of amides is 1. The highest BCUT2D eigenvalue weighted by Crippen LogP contribution is 2.24. The molecule has 4 rings (SSSR count). The number of rotatable bonds is 15. The fourth-order valence-electron chi connectivity index (χ4n) is 5.41.